The van der Waals surface area contributed by atoms with E-state index in [1.165, 1.54) is 12.1 Å². The maximum atomic E-state index is 13.2. The van der Waals surface area contributed by atoms with Gasteiger partial charge in [-0.05, 0) is 58.4 Å². The lowest BCUT2D eigenvalue weighted by molar-refractivity contribution is 0.0472. The second kappa shape index (κ2) is 7.42. The van der Waals surface area contributed by atoms with E-state index in [-0.39, 0.29) is 5.82 Å². The summed E-state index contributed by atoms with van der Waals surface area (Å²) >= 11 is 3.39. The molecule has 124 valence electrons. The van der Waals surface area contributed by atoms with Crippen LogP contribution in [0.25, 0.3) is 0 Å². The fraction of sp³-hybridized carbons (Fsp3) is 0.562. The van der Waals surface area contributed by atoms with Crippen LogP contribution in [-0.2, 0) is 11.3 Å². The molecule has 1 rings (SSSR count). The maximum absolute atomic E-state index is 13.2. The summed E-state index contributed by atoms with van der Waals surface area (Å²) in [5, 5.41) is 6.03. The molecule has 0 spiro atoms. The summed E-state index contributed by atoms with van der Waals surface area (Å²) in [6.45, 7) is 10.3. The van der Waals surface area contributed by atoms with Crippen LogP contribution in [0, 0.1) is 5.82 Å². The second-order valence-electron chi connectivity index (χ2n) is 6.85. The zero-order valence-electron chi connectivity index (χ0n) is 13.7. The van der Waals surface area contributed by atoms with E-state index in [1.807, 2.05) is 34.6 Å². The average molecular weight is 375 g/mol. The number of carbonyl (C=O) groups excluding carboxylic acids is 1. The molecule has 0 radical (unpaired) electrons. The molecule has 0 unspecified atom stereocenters. The molecule has 4 nitrogen and oxygen atoms in total. The lowest BCUT2D eigenvalue weighted by atomic mass is 10.1. The van der Waals surface area contributed by atoms with Gasteiger partial charge in [0.2, 0.25) is 0 Å². The minimum absolute atomic E-state index is 0.272. The first kappa shape index (κ1) is 18.9. The van der Waals surface area contributed by atoms with E-state index in [0.29, 0.717) is 13.1 Å². The summed E-state index contributed by atoms with van der Waals surface area (Å²) < 4.78 is 19.3. The SMILES string of the molecule is CC(C)(CNCc1cc(F)ccc1Br)NC(=O)OC(C)(C)C. The molecule has 0 aromatic heterocycles. The summed E-state index contributed by atoms with van der Waals surface area (Å²) in [7, 11) is 0. The van der Waals surface area contributed by atoms with E-state index in [4.69, 9.17) is 4.74 Å². The van der Waals surface area contributed by atoms with Gasteiger partial charge in [0.25, 0.3) is 0 Å². The number of amides is 1. The molecule has 2 N–H and O–H groups in total. The van der Waals surface area contributed by atoms with Gasteiger partial charge < -0.3 is 15.4 Å². The lowest BCUT2D eigenvalue weighted by Crippen LogP contribution is -2.51. The molecule has 0 heterocycles. The number of carbonyl (C=O) groups is 1. The van der Waals surface area contributed by atoms with Crippen LogP contribution >= 0.6 is 15.9 Å². The van der Waals surface area contributed by atoms with Crippen LogP contribution in [0.2, 0.25) is 0 Å². The first-order chi connectivity index (χ1) is 9.98. The van der Waals surface area contributed by atoms with E-state index in [9.17, 15) is 9.18 Å². The molecular weight excluding hydrogens is 351 g/mol. The van der Waals surface area contributed by atoms with Crippen molar-refractivity contribution < 1.29 is 13.9 Å². The van der Waals surface area contributed by atoms with E-state index < -0.39 is 17.2 Å². The largest absolute Gasteiger partial charge is 0.444 e. The number of rotatable bonds is 5. The Hall–Kier alpha value is -1.14. The van der Waals surface area contributed by atoms with E-state index >= 15 is 0 Å². The highest BCUT2D eigenvalue weighted by atomic mass is 79.9. The van der Waals surface area contributed by atoms with Crippen molar-refractivity contribution in [2.24, 2.45) is 0 Å². The molecule has 0 fully saturated rings. The van der Waals surface area contributed by atoms with Crippen LogP contribution in [0.4, 0.5) is 9.18 Å². The van der Waals surface area contributed by atoms with Crippen LogP contribution in [0.15, 0.2) is 22.7 Å². The van der Waals surface area contributed by atoms with Gasteiger partial charge in [0.1, 0.15) is 11.4 Å². The molecule has 0 atom stereocenters. The predicted molar refractivity (Wildman–Crippen MR) is 89.3 cm³/mol. The van der Waals surface area contributed by atoms with Crippen LogP contribution in [0.1, 0.15) is 40.2 Å². The van der Waals surface area contributed by atoms with Crippen molar-refractivity contribution in [2.45, 2.75) is 52.3 Å². The van der Waals surface area contributed by atoms with Crippen molar-refractivity contribution in [1.29, 1.82) is 0 Å². The van der Waals surface area contributed by atoms with Crippen LogP contribution in [0.5, 0.6) is 0 Å². The van der Waals surface area contributed by atoms with Gasteiger partial charge in [0.05, 0.1) is 5.54 Å². The smallest absolute Gasteiger partial charge is 0.408 e. The van der Waals surface area contributed by atoms with Crippen molar-refractivity contribution in [3.8, 4) is 0 Å². The Bertz CT molecular complexity index is 527. The quantitative estimate of drug-likeness (QED) is 0.819. The number of ether oxygens (including phenoxy) is 1. The van der Waals surface area contributed by atoms with Gasteiger partial charge in [0.15, 0.2) is 0 Å². The Kier molecular flexibility index (Phi) is 6.38. The van der Waals surface area contributed by atoms with Crippen LogP contribution in [0.3, 0.4) is 0 Å². The molecule has 0 saturated heterocycles. The van der Waals surface area contributed by atoms with Gasteiger partial charge in [-0.1, -0.05) is 15.9 Å². The van der Waals surface area contributed by atoms with Gasteiger partial charge in [-0.2, -0.15) is 0 Å². The molecular formula is C16H24BrFN2O2. The standard InChI is InChI=1S/C16H24BrFN2O2/c1-15(2,3)22-14(21)20-16(4,5)10-19-9-11-8-12(18)6-7-13(11)17/h6-8,19H,9-10H2,1-5H3,(H,20,21). The number of halogens is 2. The Morgan fingerprint density at radius 1 is 1.27 bits per heavy atom. The summed E-state index contributed by atoms with van der Waals surface area (Å²) in [5.74, 6) is -0.272. The average Bonchev–Trinajstić information content (AvgIpc) is 2.30. The van der Waals surface area contributed by atoms with Crippen molar-refractivity contribution in [3.05, 3.63) is 34.1 Å². The zero-order valence-corrected chi connectivity index (χ0v) is 15.3. The number of benzene rings is 1. The first-order valence-electron chi connectivity index (χ1n) is 7.14. The van der Waals surface area contributed by atoms with E-state index in [2.05, 4.69) is 26.6 Å². The predicted octanol–water partition coefficient (Wildman–Crippen LogP) is 3.98. The maximum Gasteiger partial charge on any atom is 0.408 e. The van der Waals surface area contributed by atoms with Crippen molar-refractivity contribution in [2.75, 3.05) is 6.54 Å². The second-order valence-corrected chi connectivity index (χ2v) is 7.70. The third kappa shape index (κ3) is 7.22. The fourth-order valence-corrected chi connectivity index (χ4v) is 2.20. The number of hydrogen-bond acceptors (Lipinski definition) is 3. The topological polar surface area (TPSA) is 50.4 Å². The minimum Gasteiger partial charge on any atom is -0.444 e. The Morgan fingerprint density at radius 3 is 2.50 bits per heavy atom. The minimum atomic E-state index is -0.528. The summed E-state index contributed by atoms with van der Waals surface area (Å²) in [4.78, 5) is 11.8. The third-order valence-corrected chi connectivity index (χ3v) is 3.50. The number of hydrogen-bond donors (Lipinski definition) is 2. The van der Waals surface area contributed by atoms with Gasteiger partial charge in [-0.15, -0.1) is 0 Å². The molecule has 1 aromatic rings. The molecule has 6 heteroatoms. The fourth-order valence-electron chi connectivity index (χ4n) is 1.81. The highest BCUT2D eigenvalue weighted by molar-refractivity contribution is 9.10. The number of nitrogens with one attached hydrogen (secondary N) is 2. The van der Waals surface area contributed by atoms with Crippen LogP contribution in [-0.4, -0.2) is 23.8 Å². The zero-order chi connectivity index (χ0) is 17.0. The molecule has 0 aliphatic carbocycles. The Morgan fingerprint density at radius 2 is 1.91 bits per heavy atom. The highest BCUT2D eigenvalue weighted by Crippen LogP contribution is 2.17. The molecule has 0 bridgehead atoms. The van der Waals surface area contributed by atoms with E-state index in [0.717, 1.165) is 10.0 Å². The highest BCUT2D eigenvalue weighted by Gasteiger charge is 2.24. The van der Waals surface area contributed by atoms with Gasteiger partial charge in [-0.3, -0.25) is 0 Å². The summed E-state index contributed by atoms with van der Waals surface area (Å²) in [6.07, 6.45) is -0.453. The van der Waals surface area contributed by atoms with Crippen molar-refractivity contribution >= 4 is 22.0 Å². The Balaban J connectivity index is 2.48. The van der Waals surface area contributed by atoms with Crippen LogP contribution < -0.4 is 10.6 Å². The molecule has 1 aromatic carbocycles. The van der Waals surface area contributed by atoms with Gasteiger partial charge in [0, 0.05) is 17.6 Å². The van der Waals surface area contributed by atoms with Gasteiger partial charge in [-0.25, -0.2) is 9.18 Å². The molecule has 0 saturated carbocycles. The molecule has 0 aliphatic heterocycles. The molecule has 0 aliphatic rings. The van der Waals surface area contributed by atoms with E-state index in [1.54, 1.807) is 6.07 Å². The lowest BCUT2D eigenvalue weighted by Gasteiger charge is -2.29. The monoisotopic (exact) mass is 374 g/mol. The Labute approximate surface area is 139 Å². The number of alkyl carbamates (subject to hydrolysis) is 1. The first-order valence-corrected chi connectivity index (χ1v) is 7.94. The normalized spacial score (nSPS) is 12.1. The summed E-state index contributed by atoms with van der Waals surface area (Å²) in [6, 6.07) is 4.56. The van der Waals surface area contributed by atoms with Gasteiger partial charge >= 0.3 is 6.09 Å². The third-order valence-electron chi connectivity index (χ3n) is 2.73. The van der Waals surface area contributed by atoms with Crippen molar-refractivity contribution in [1.82, 2.24) is 10.6 Å². The molecule has 22 heavy (non-hydrogen) atoms. The molecule has 1 amide bonds. The summed E-state index contributed by atoms with van der Waals surface area (Å²) in [5.41, 5.74) is -0.185. The van der Waals surface area contributed by atoms with Crippen molar-refractivity contribution in [3.63, 3.8) is 0 Å².